The fourth-order valence-electron chi connectivity index (χ4n) is 6.66. The van der Waals surface area contributed by atoms with E-state index in [4.69, 9.17) is 5.10 Å². The Kier molecular flexibility index (Phi) is 5.01. The van der Waals surface area contributed by atoms with Crippen LogP contribution in [0.4, 0.5) is 27.8 Å². The summed E-state index contributed by atoms with van der Waals surface area (Å²) in [6.45, 7) is 6.10. The first kappa shape index (κ1) is 25.0. The van der Waals surface area contributed by atoms with E-state index in [-0.39, 0.29) is 12.4 Å². The van der Waals surface area contributed by atoms with Crippen molar-refractivity contribution in [3.63, 3.8) is 0 Å². The number of fused-ring (bicyclic) bond motifs is 10. The van der Waals surface area contributed by atoms with Crippen LogP contribution in [0.5, 0.6) is 0 Å². The highest BCUT2D eigenvalue weighted by atomic mass is 19.4. The topological polar surface area (TPSA) is 62.6 Å². The third-order valence-electron chi connectivity index (χ3n) is 8.58. The number of rotatable bonds is 2. The Morgan fingerprint density at radius 1 is 1.15 bits per heavy atom. The number of benzene rings is 1. The summed E-state index contributed by atoms with van der Waals surface area (Å²) in [5.74, 6) is -1.18. The van der Waals surface area contributed by atoms with E-state index in [0.717, 1.165) is 45.8 Å². The molecule has 2 aliphatic heterocycles. The maximum atomic E-state index is 16.1. The van der Waals surface area contributed by atoms with Gasteiger partial charge in [-0.05, 0) is 43.5 Å². The predicted molar refractivity (Wildman–Crippen MR) is 138 cm³/mol. The van der Waals surface area contributed by atoms with Crippen molar-refractivity contribution in [2.24, 2.45) is 0 Å². The van der Waals surface area contributed by atoms with E-state index in [0.29, 0.717) is 36.5 Å². The number of nitrogens with zero attached hydrogens (tertiary/aromatic N) is 5. The summed E-state index contributed by atoms with van der Waals surface area (Å²) < 4.78 is 72.5. The summed E-state index contributed by atoms with van der Waals surface area (Å²) in [5, 5.41) is 12.1. The minimum atomic E-state index is -4.69. The molecule has 0 radical (unpaired) electrons. The summed E-state index contributed by atoms with van der Waals surface area (Å²) >= 11 is 0. The van der Waals surface area contributed by atoms with Gasteiger partial charge in [-0.1, -0.05) is 25.1 Å². The van der Waals surface area contributed by atoms with E-state index in [1.807, 2.05) is 29.8 Å². The van der Waals surface area contributed by atoms with Crippen LogP contribution in [0.1, 0.15) is 65.7 Å². The van der Waals surface area contributed by atoms with Crippen LogP contribution in [0.3, 0.4) is 0 Å². The Bertz CT molecular complexity index is 1730. The van der Waals surface area contributed by atoms with Gasteiger partial charge >= 0.3 is 6.18 Å². The molecule has 206 valence electrons. The maximum Gasteiger partial charge on any atom is 0.417 e. The molecular weight excluding hydrogens is 527 g/mol. The summed E-state index contributed by atoms with van der Waals surface area (Å²) in [6, 6.07) is 6.46. The Morgan fingerprint density at radius 3 is 2.67 bits per heavy atom. The van der Waals surface area contributed by atoms with E-state index >= 15 is 4.39 Å². The minimum absolute atomic E-state index is 0.144. The van der Waals surface area contributed by atoms with Crippen LogP contribution in [0.25, 0.3) is 11.3 Å². The highest BCUT2D eigenvalue weighted by Gasteiger charge is 2.53. The molecule has 2 unspecified atom stereocenters. The van der Waals surface area contributed by atoms with Gasteiger partial charge in [0.2, 0.25) is 0 Å². The predicted octanol–water partition coefficient (Wildman–Crippen LogP) is 6.17. The Balaban J connectivity index is 1.45. The highest BCUT2D eigenvalue weighted by molar-refractivity contribution is 5.89. The van der Waals surface area contributed by atoms with E-state index < -0.39 is 28.6 Å². The molecular formula is C29H25F5N6. The lowest BCUT2D eigenvalue weighted by atomic mass is 9.62. The summed E-state index contributed by atoms with van der Waals surface area (Å²) in [4.78, 5) is 5.52. The molecule has 0 spiro atoms. The number of aromatic amines is 1. The molecule has 1 N–H and O–H groups in total. The zero-order valence-electron chi connectivity index (χ0n) is 22.0. The van der Waals surface area contributed by atoms with Crippen molar-refractivity contribution in [1.29, 1.82) is 0 Å². The standard InChI is InChI=1S/C29H25F5N6/c1-4-15-6-5-7-17-19-11-27(2,31)24-20(13-36-37-24)28(19,3)25-18-14-39(9-8-22(18)38-40(25)23(15)17)26-21(30)10-16(12-35-26)29(32,33)34/h5-7,10-13H,4,8-9,14H2,1-3H3,(H,36,37). The van der Waals surface area contributed by atoms with Crippen LogP contribution in [0.2, 0.25) is 0 Å². The van der Waals surface area contributed by atoms with E-state index in [1.165, 1.54) is 6.92 Å². The number of H-pyrrole nitrogens is 1. The molecule has 7 rings (SSSR count). The largest absolute Gasteiger partial charge is 0.417 e. The molecule has 0 saturated carbocycles. The average molecular weight is 553 g/mol. The number of hydrogen-bond acceptors (Lipinski definition) is 4. The number of pyridine rings is 1. The molecule has 2 atom stereocenters. The molecule has 0 fully saturated rings. The van der Waals surface area contributed by atoms with Crippen molar-refractivity contribution in [1.82, 2.24) is 25.0 Å². The molecule has 40 heavy (non-hydrogen) atoms. The first-order chi connectivity index (χ1) is 18.9. The van der Waals surface area contributed by atoms with Crippen molar-refractivity contribution in [2.75, 3.05) is 11.4 Å². The van der Waals surface area contributed by atoms with Gasteiger partial charge in [0.1, 0.15) is 0 Å². The molecule has 11 heteroatoms. The lowest BCUT2D eigenvalue weighted by molar-refractivity contribution is -0.138. The second-order valence-electron chi connectivity index (χ2n) is 11.0. The number of hydrogen-bond donors (Lipinski definition) is 1. The van der Waals surface area contributed by atoms with Crippen LogP contribution in [-0.2, 0) is 36.6 Å². The molecule has 0 amide bonds. The van der Waals surface area contributed by atoms with Gasteiger partial charge in [-0.25, -0.2) is 18.4 Å². The number of para-hydroxylation sites is 1. The smallest absolute Gasteiger partial charge is 0.349 e. The van der Waals surface area contributed by atoms with Gasteiger partial charge < -0.3 is 4.90 Å². The second kappa shape index (κ2) is 8.02. The van der Waals surface area contributed by atoms with Crippen molar-refractivity contribution >= 4 is 11.4 Å². The quantitative estimate of drug-likeness (QED) is 0.302. The van der Waals surface area contributed by atoms with Crippen molar-refractivity contribution in [3.05, 3.63) is 93.5 Å². The molecule has 3 aliphatic rings. The first-order valence-corrected chi connectivity index (χ1v) is 13.1. The Morgan fingerprint density at radius 2 is 1.95 bits per heavy atom. The Hall–Kier alpha value is -4.02. The molecule has 1 aromatic carbocycles. The van der Waals surface area contributed by atoms with Crippen LogP contribution in [0.15, 0.2) is 42.7 Å². The number of anilines is 1. The molecule has 4 aromatic rings. The van der Waals surface area contributed by atoms with Crippen LogP contribution in [-0.4, -0.2) is 31.5 Å². The molecule has 5 heterocycles. The SMILES string of the molecule is CCc1cccc2c1-n1nc3c(c1C1(C)C2=CC(C)(F)c2[nH]ncc21)CN(c1ncc(C(F)(F)F)cc1F)CC3. The zero-order chi connectivity index (χ0) is 28.2. The number of aryl methyl sites for hydroxylation is 1. The summed E-state index contributed by atoms with van der Waals surface area (Å²) in [7, 11) is 0. The fraction of sp³-hybridized carbons (Fsp3) is 0.345. The summed E-state index contributed by atoms with van der Waals surface area (Å²) in [5.41, 5.74) is 3.34. The molecule has 6 nitrogen and oxygen atoms in total. The van der Waals surface area contributed by atoms with Crippen LogP contribution in [0, 0.1) is 5.82 Å². The van der Waals surface area contributed by atoms with Gasteiger partial charge in [0.15, 0.2) is 17.3 Å². The minimum Gasteiger partial charge on any atom is -0.349 e. The molecule has 0 saturated heterocycles. The third-order valence-corrected chi connectivity index (χ3v) is 8.58. The molecule has 3 aromatic heterocycles. The van der Waals surface area contributed by atoms with Gasteiger partial charge in [-0.3, -0.25) is 5.10 Å². The van der Waals surface area contributed by atoms with Gasteiger partial charge in [0.25, 0.3) is 0 Å². The lowest BCUT2D eigenvalue weighted by Crippen LogP contribution is -2.41. The Labute approximate surface area is 226 Å². The van der Waals surface area contributed by atoms with Gasteiger partial charge in [-0.2, -0.15) is 23.4 Å². The monoisotopic (exact) mass is 552 g/mol. The second-order valence-corrected chi connectivity index (χ2v) is 11.0. The van der Waals surface area contributed by atoms with Crippen LogP contribution < -0.4 is 4.90 Å². The average Bonchev–Trinajstić information content (AvgIpc) is 3.56. The third kappa shape index (κ3) is 3.23. The summed E-state index contributed by atoms with van der Waals surface area (Å²) in [6.07, 6.45) is 0.433. The lowest BCUT2D eigenvalue weighted by Gasteiger charge is -2.44. The van der Waals surface area contributed by atoms with Crippen molar-refractivity contribution in [3.8, 4) is 5.69 Å². The highest BCUT2D eigenvalue weighted by Crippen LogP contribution is 2.57. The normalized spacial score (nSPS) is 23.1. The maximum absolute atomic E-state index is 16.1. The molecule has 1 aliphatic carbocycles. The number of alkyl halides is 4. The number of allylic oxidation sites excluding steroid dienone is 2. The van der Waals surface area contributed by atoms with Gasteiger partial charge in [0.05, 0.1) is 39.9 Å². The number of aromatic nitrogens is 5. The van der Waals surface area contributed by atoms with Crippen LogP contribution >= 0.6 is 0 Å². The van der Waals surface area contributed by atoms with E-state index in [9.17, 15) is 17.6 Å². The fourth-order valence-corrected chi connectivity index (χ4v) is 6.66. The van der Waals surface area contributed by atoms with Crippen molar-refractivity contribution < 1.29 is 22.0 Å². The number of halogens is 5. The first-order valence-electron chi connectivity index (χ1n) is 13.1. The van der Waals surface area contributed by atoms with E-state index in [1.54, 1.807) is 17.2 Å². The van der Waals surface area contributed by atoms with E-state index in [2.05, 4.69) is 22.1 Å². The molecule has 0 bridgehead atoms. The number of nitrogens with one attached hydrogen (secondary N) is 1. The zero-order valence-corrected chi connectivity index (χ0v) is 22.0. The van der Waals surface area contributed by atoms with Gasteiger partial charge in [0, 0.05) is 42.4 Å². The van der Waals surface area contributed by atoms with Gasteiger partial charge in [-0.15, -0.1) is 0 Å². The van der Waals surface area contributed by atoms with Crippen molar-refractivity contribution in [2.45, 2.75) is 57.4 Å².